The number of nitro groups is 1. The zero-order valence-electron chi connectivity index (χ0n) is 12.5. The fourth-order valence-electron chi connectivity index (χ4n) is 1.90. The van der Waals surface area contributed by atoms with E-state index in [2.05, 4.69) is 5.32 Å². The van der Waals surface area contributed by atoms with Gasteiger partial charge >= 0.3 is 5.69 Å². The third-order valence-corrected chi connectivity index (χ3v) is 2.96. The second-order valence-electron chi connectivity index (χ2n) is 4.80. The third kappa shape index (κ3) is 4.13. The molecule has 2 aromatic rings. The molecule has 7 nitrogen and oxygen atoms in total. The van der Waals surface area contributed by atoms with Gasteiger partial charge in [0.15, 0.2) is 5.78 Å². The topological polar surface area (TPSA) is 98.5 Å². The number of nitro benzene ring substituents is 1. The van der Waals surface area contributed by atoms with Crippen LogP contribution in [-0.2, 0) is 4.79 Å². The van der Waals surface area contributed by atoms with Crippen molar-refractivity contribution in [3.8, 4) is 11.5 Å². The molecule has 0 aliphatic rings. The molecule has 0 aliphatic heterocycles. The van der Waals surface area contributed by atoms with Crippen LogP contribution in [0.3, 0.4) is 0 Å². The molecule has 0 atom stereocenters. The quantitative estimate of drug-likeness (QED) is 0.517. The smallest absolute Gasteiger partial charge is 0.312 e. The Labute approximate surface area is 132 Å². The van der Waals surface area contributed by atoms with E-state index >= 15 is 0 Å². The van der Waals surface area contributed by atoms with Crippen molar-refractivity contribution in [3.63, 3.8) is 0 Å². The molecule has 0 unspecified atom stereocenters. The molecule has 0 aliphatic carbocycles. The second kappa shape index (κ2) is 6.69. The first kappa shape index (κ1) is 16.2. The lowest BCUT2D eigenvalue weighted by Crippen LogP contribution is -2.05. The number of benzene rings is 2. The molecule has 7 heteroatoms. The average molecular weight is 314 g/mol. The van der Waals surface area contributed by atoms with Crippen LogP contribution in [-0.4, -0.2) is 16.6 Å². The van der Waals surface area contributed by atoms with Crippen LogP contribution in [0, 0.1) is 10.1 Å². The van der Waals surface area contributed by atoms with E-state index < -0.39 is 4.92 Å². The minimum Gasteiger partial charge on any atom is -0.450 e. The van der Waals surface area contributed by atoms with Gasteiger partial charge in [0.2, 0.25) is 11.7 Å². The van der Waals surface area contributed by atoms with E-state index in [0.717, 1.165) is 0 Å². The highest BCUT2D eigenvalue weighted by Gasteiger charge is 2.18. The molecule has 23 heavy (non-hydrogen) atoms. The van der Waals surface area contributed by atoms with Crippen LogP contribution < -0.4 is 10.1 Å². The van der Waals surface area contributed by atoms with Gasteiger partial charge in [-0.25, -0.2) is 0 Å². The number of anilines is 1. The van der Waals surface area contributed by atoms with Gasteiger partial charge in [-0.2, -0.15) is 0 Å². The molecule has 0 spiro atoms. The number of Topliss-reactive ketones (excluding diaryl/α,β-unsaturated/α-hetero) is 1. The highest BCUT2D eigenvalue weighted by Crippen LogP contribution is 2.32. The van der Waals surface area contributed by atoms with Gasteiger partial charge in [-0.3, -0.25) is 19.7 Å². The minimum absolute atomic E-state index is 0.0345. The number of amides is 1. The Hall–Kier alpha value is -3.22. The van der Waals surface area contributed by atoms with Crippen molar-refractivity contribution in [1.82, 2.24) is 0 Å². The monoisotopic (exact) mass is 314 g/mol. The SMILES string of the molecule is CC(=O)Nc1ccc(Oc2ccc(C(C)=O)cc2[N+](=O)[O-])cc1. The van der Waals surface area contributed by atoms with Gasteiger partial charge in [0.25, 0.3) is 0 Å². The van der Waals surface area contributed by atoms with Crippen molar-refractivity contribution in [2.45, 2.75) is 13.8 Å². The van der Waals surface area contributed by atoms with Crippen molar-refractivity contribution >= 4 is 23.1 Å². The number of carbonyl (C=O) groups excluding carboxylic acids is 2. The van der Waals surface area contributed by atoms with Crippen LogP contribution in [0.25, 0.3) is 0 Å². The standard InChI is InChI=1S/C16H14N2O5/c1-10(19)12-3-8-16(15(9-12)18(21)22)23-14-6-4-13(5-7-14)17-11(2)20/h3-9H,1-2H3,(H,17,20). The molecule has 1 N–H and O–H groups in total. The summed E-state index contributed by atoms with van der Waals surface area (Å²) in [6.45, 7) is 2.73. The number of hydrogen-bond donors (Lipinski definition) is 1. The van der Waals surface area contributed by atoms with Crippen LogP contribution in [0.4, 0.5) is 11.4 Å². The summed E-state index contributed by atoms with van der Waals surface area (Å²) in [4.78, 5) is 32.8. The predicted molar refractivity (Wildman–Crippen MR) is 83.9 cm³/mol. The summed E-state index contributed by atoms with van der Waals surface area (Å²) in [6, 6.07) is 10.4. The third-order valence-electron chi connectivity index (χ3n) is 2.96. The van der Waals surface area contributed by atoms with E-state index in [1.54, 1.807) is 24.3 Å². The molecule has 0 saturated carbocycles. The van der Waals surface area contributed by atoms with Gasteiger partial charge < -0.3 is 10.1 Å². The molecule has 0 fully saturated rings. The first-order valence-electron chi connectivity index (χ1n) is 6.71. The van der Waals surface area contributed by atoms with Crippen LogP contribution in [0.1, 0.15) is 24.2 Å². The summed E-state index contributed by atoms with van der Waals surface area (Å²) >= 11 is 0. The molecular weight excluding hydrogens is 300 g/mol. The lowest BCUT2D eigenvalue weighted by molar-refractivity contribution is -0.385. The predicted octanol–water partition coefficient (Wildman–Crippen LogP) is 3.55. The minimum atomic E-state index is -0.604. The Bertz CT molecular complexity index is 769. The number of ether oxygens (including phenoxy) is 1. The summed E-state index contributed by atoms with van der Waals surface area (Å²) in [5.41, 5.74) is 0.542. The summed E-state index contributed by atoms with van der Waals surface area (Å²) < 4.78 is 5.50. The zero-order chi connectivity index (χ0) is 17.0. The van der Waals surface area contributed by atoms with E-state index in [1.807, 2.05) is 0 Å². The number of carbonyl (C=O) groups is 2. The summed E-state index contributed by atoms with van der Waals surface area (Å²) in [7, 11) is 0. The molecule has 1 amide bonds. The highest BCUT2D eigenvalue weighted by atomic mass is 16.6. The average Bonchev–Trinajstić information content (AvgIpc) is 2.48. The zero-order valence-corrected chi connectivity index (χ0v) is 12.5. The van der Waals surface area contributed by atoms with E-state index in [-0.39, 0.29) is 28.7 Å². The van der Waals surface area contributed by atoms with Gasteiger partial charge in [-0.15, -0.1) is 0 Å². The number of ketones is 1. The fraction of sp³-hybridized carbons (Fsp3) is 0.125. The van der Waals surface area contributed by atoms with Gasteiger partial charge in [0, 0.05) is 24.2 Å². The number of rotatable bonds is 5. The maximum atomic E-state index is 11.3. The fourth-order valence-corrected chi connectivity index (χ4v) is 1.90. The van der Waals surface area contributed by atoms with Crippen LogP contribution in [0.15, 0.2) is 42.5 Å². The molecule has 0 heterocycles. The number of nitrogens with one attached hydrogen (secondary N) is 1. The Morgan fingerprint density at radius 1 is 1.09 bits per heavy atom. The Morgan fingerprint density at radius 2 is 1.74 bits per heavy atom. The first-order valence-corrected chi connectivity index (χ1v) is 6.71. The molecule has 0 bridgehead atoms. The summed E-state index contributed by atoms with van der Waals surface area (Å²) in [5.74, 6) is -0.0570. The van der Waals surface area contributed by atoms with Gasteiger partial charge in [-0.05, 0) is 43.3 Å². The normalized spacial score (nSPS) is 10.0. The van der Waals surface area contributed by atoms with Crippen LogP contribution in [0.2, 0.25) is 0 Å². The van der Waals surface area contributed by atoms with Crippen LogP contribution in [0.5, 0.6) is 11.5 Å². The summed E-state index contributed by atoms with van der Waals surface area (Å²) in [6.07, 6.45) is 0. The maximum absolute atomic E-state index is 11.3. The molecule has 2 rings (SSSR count). The maximum Gasteiger partial charge on any atom is 0.312 e. The van der Waals surface area contributed by atoms with Gasteiger partial charge in [0.05, 0.1) is 4.92 Å². The van der Waals surface area contributed by atoms with Crippen molar-refractivity contribution in [2.24, 2.45) is 0 Å². The number of nitrogens with zero attached hydrogens (tertiary/aromatic N) is 1. The molecule has 0 radical (unpaired) electrons. The van der Waals surface area contributed by atoms with Crippen molar-refractivity contribution in [2.75, 3.05) is 5.32 Å². The van der Waals surface area contributed by atoms with E-state index in [9.17, 15) is 19.7 Å². The van der Waals surface area contributed by atoms with Crippen molar-refractivity contribution in [3.05, 3.63) is 58.1 Å². The molecule has 118 valence electrons. The molecular formula is C16H14N2O5. The lowest BCUT2D eigenvalue weighted by Gasteiger charge is -2.08. The lowest BCUT2D eigenvalue weighted by atomic mass is 10.1. The van der Waals surface area contributed by atoms with Crippen molar-refractivity contribution in [1.29, 1.82) is 0 Å². The first-order chi connectivity index (χ1) is 10.9. The Balaban J connectivity index is 2.27. The summed E-state index contributed by atoms with van der Waals surface area (Å²) in [5, 5.41) is 13.7. The van der Waals surface area contributed by atoms with Gasteiger partial charge in [-0.1, -0.05) is 0 Å². The van der Waals surface area contributed by atoms with Crippen LogP contribution >= 0.6 is 0 Å². The number of hydrogen-bond acceptors (Lipinski definition) is 5. The Morgan fingerprint density at radius 3 is 2.26 bits per heavy atom. The van der Waals surface area contributed by atoms with E-state index in [1.165, 1.54) is 32.0 Å². The highest BCUT2D eigenvalue weighted by molar-refractivity contribution is 5.95. The second-order valence-corrected chi connectivity index (χ2v) is 4.80. The molecule has 2 aromatic carbocycles. The van der Waals surface area contributed by atoms with Crippen molar-refractivity contribution < 1.29 is 19.2 Å². The van der Waals surface area contributed by atoms with E-state index in [0.29, 0.717) is 11.4 Å². The Kier molecular flexibility index (Phi) is 4.70. The molecule has 0 aromatic heterocycles. The van der Waals surface area contributed by atoms with E-state index in [4.69, 9.17) is 4.74 Å². The van der Waals surface area contributed by atoms with Gasteiger partial charge in [0.1, 0.15) is 5.75 Å². The largest absolute Gasteiger partial charge is 0.450 e. The molecule has 0 saturated heterocycles.